The highest BCUT2D eigenvalue weighted by molar-refractivity contribution is 5.27. The zero-order valence-corrected chi connectivity index (χ0v) is 16.4. The van der Waals surface area contributed by atoms with E-state index in [1.54, 1.807) is 13.4 Å². The van der Waals surface area contributed by atoms with E-state index in [1.807, 2.05) is 67.6 Å². The Morgan fingerprint density at radius 1 is 0.964 bits per heavy atom. The number of rotatable bonds is 10. The summed E-state index contributed by atoms with van der Waals surface area (Å²) in [6, 6.07) is 19.6. The van der Waals surface area contributed by atoms with Gasteiger partial charge in [-0.15, -0.1) is 0 Å². The molecule has 0 radical (unpaired) electrons. The summed E-state index contributed by atoms with van der Waals surface area (Å²) in [5.74, 6) is 2.45. The van der Waals surface area contributed by atoms with Crippen molar-refractivity contribution in [2.24, 2.45) is 0 Å². The molecular weight excluding hydrogens is 354 g/mol. The summed E-state index contributed by atoms with van der Waals surface area (Å²) in [4.78, 5) is 2.14. The minimum atomic E-state index is -0.616. The van der Waals surface area contributed by atoms with Crippen LogP contribution in [0.4, 0.5) is 0 Å². The van der Waals surface area contributed by atoms with Crippen LogP contribution in [0.25, 0.3) is 0 Å². The summed E-state index contributed by atoms with van der Waals surface area (Å²) in [5, 5.41) is 10.5. The molecule has 3 aromatic rings. The Morgan fingerprint density at radius 3 is 2.32 bits per heavy atom. The number of furan rings is 1. The molecule has 0 aliphatic heterocycles. The van der Waals surface area contributed by atoms with Crippen molar-refractivity contribution in [1.82, 2.24) is 4.90 Å². The highest BCUT2D eigenvalue weighted by Gasteiger charge is 2.15. The van der Waals surface area contributed by atoms with Crippen molar-refractivity contribution in [3.05, 3.63) is 83.8 Å². The van der Waals surface area contributed by atoms with Crippen molar-refractivity contribution in [1.29, 1.82) is 0 Å². The van der Waals surface area contributed by atoms with E-state index in [1.165, 1.54) is 5.56 Å². The van der Waals surface area contributed by atoms with Gasteiger partial charge in [0.25, 0.3) is 0 Å². The van der Waals surface area contributed by atoms with Crippen LogP contribution in [0.15, 0.2) is 71.3 Å². The molecule has 3 rings (SSSR count). The maximum atomic E-state index is 10.5. The maximum Gasteiger partial charge on any atom is 0.119 e. The van der Waals surface area contributed by atoms with Crippen LogP contribution < -0.4 is 9.47 Å². The summed E-state index contributed by atoms with van der Waals surface area (Å²) < 4.78 is 16.4. The molecule has 0 aliphatic rings. The summed E-state index contributed by atoms with van der Waals surface area (Å²) in [7, 11) is 1.66. The van der Waals surface area contributed by atoms with Gasteiger partial charge in [0.2, 0.25) is 0 Å². The summed E-state index contributed by atoms with van der Waals surface area (Å²) in [5.41, 5.74) is 2.32. The molecule has 5 nitrogen and oxygen atoms in total. The lowest BCUT2D eigenvalue weighted by molar-refractivity contribution is 0.0604. The Morgan fingerprint density at radius 2 is 1.68 bits per heavy atom. The lowest BCUT2D eigenvalue weighted by Gasteiger charge is -2.24. The van der Waals surface area contributed by atoms with Gasteiger partial charge in [-0.05, 0) is 48.9 Å². The number of nitrogens with zero attached hydrogens (tertiary/aromatic N) is 1. The Labute approximate surface area is 166 Å². The molecule has 5 heteroatoms. The van der Waals surface area contributed by atoms with Crippen molar-refractivity contribution < 1.29 is 19.0 Å². The van der Waals surface area contributed by atoms with Crippen molar-refractivity contribution in [2.45, 2.75) is 26.1 Å². The topological polar surface area (TPSA) is 55.1 Å². The van der Waals surface area contributed by atoms with Gasteiger partial charge in [-0.1, -0.05) is 29.8 Å². The zero-order chi connectivity index (χ0) is 19.8. The maximum absolute atomic E-state index is 10.5. The number of benzene rings is 2. The van der Waals surface area contributed by atoms with E-state index in [0.717, 1.165) is 22.8 Å². The number of hydrogen-bond donors (Lipinski definition) is 1. The van der Waals surface area contributed by atoms with Gasteiger partial charge in [0.1, 0.15) is 30.0 Å². The third kappa shape index (κ3) is 6.15. The Balaban J connectivity index is 1.59. The van der Waals surface area contributed by atoms with Crippen LogP contribution in [-0.4, -0.2) is 36.4 Å². The Bertz CT molecular complexity index is 813. The van der Waals surface area contributed by atoms with Gasteiger partial charge in [0, 0.05) is 13.1 Å². The first-order chi connectivity index (χ1) is 13.6. The average molecular weight is 381 g/mol. The van der Waals surface area contributed by atoms with E-state index in [9.17, 15) is 5.11 Å². The second kappa shape index (κ2) is 9.97. The lowest BCUT2D eigenvalue weighted by Crippen LogP contribution is -2.35. The monoisotopic (exact) mass is 381 g/mol. The Kier molecular flexibility index (Phi) is 7.12. The lowest BCUT2D eigenvalue weighted by atomic mass is 10.2. The molecule has 2 aromatic carbocycles. The fourth-order valence-electron chi connectivity index (χ4n) is 2.97. The molecule has 0 amide bonds. The van der Waals surface area contributed by atoms with Crippen LogP contribution in [0.1, 0.15) is 16.9 Å². The Hall–Kier alpha value is -2.76. The van der Waals surface area contributed by atoms with Gasteiger partial charge >= 0.3 is 0 Å². The van der Waals surface area contributed by atoms with E-state index >= 15 is 0 Å². The van der Waals surface area contributed by atoms with Crippen LogP contribution in [0.3, 0.4) is 0 Å². The van der Waals surface area contributed by atoms with Gasteiger partial charge < -0.3 is 19.0 Å². The first-order valence-electron chi connectivity index (χ1n) is 9.37. The van der Waals surface area contributed by atoms with E-state index in [-0.39, 0.29) is 6.61 Å². The molecule has 1 heterocycles. The van der Waals surface area contributed by atoms with E-state index in [0.29, 0.717) is 19.6 Å². The molecule has 148 valence electrons. The number of methoxy groups -OCH3 is 1. The van der Waals surface area contributed by atoms with E-state index in [4.69, 9.17) is 13.9 Å². The van der Waals surface area contributed by atoms with E-state index in [2.05, 4.69) is 4.90 Å². The summed E-state index contributed by atoms with van der Waals surface area (Å²) in [6.07, 6.45) is 1.05. The number of hydrogen-bond acceptors (Lipinski definition) is 5. The molecule has 0 fully saturated rings. The van der Waals surface area contributed by atoms with Crippen LogP contribution >= 0.6 is 0 Å². The summed E-state index contributed by atoms with van der Waals surface area (Å²) >= 11 is 0. The fraction of sp³-hybridized carbons (Fsp3) is 0.304. The van der Waals surface area contributed by atoms with E-state index < -0.39 is 6.10 Å². The molecule has 0 spiro atoms. The predicted octanol–water partition coefficient (Wildman–Crippen LogP) is 4.04. The van der Waals surface area contributed by atoms with Crippen LogP contribution in [-0.2, 0) is 13.1 Å². The average Bonchev–Trinajstić information content (AvgIpc) is 3.21. The molecule has 0 saturated heterocycles. The first kappa shape index (κ1) is 20.0. The minimum absolute atomic E-state index is 0.236. The molecule has 1 N–H and O–H groups in total. The van der Waals surface area contributed by atoms with Crippen molar-refractivity contribution in [3.63, 3.8) is 0 Å². The number of aliphatic hydroxyl groups is 1. The number of aliphatic hydroxyl groups excluding tert-OH is 1. The van der Waals surface area contributed by atoms with Crippen molar-refractivity contribution in [3.8, 4) is 11.5 Å². The van der Waals surface area contributed by atoms with Gasteiger partial charge in [-0.2, -0.15) is 0 Å². The second-order valence-electron chi connectivity index (χ2n) is 6.87. The third-order valence-corrected chi connectivity index (χ3v) is 4.46. The fourth-order valence-corrected chi connectivity index (χ4v) is 2.97. The van der Waals surface area contributed by atoms with Gasteiger partial charge in [-0.25, -0.2) is 0 Å². The van der Waals surface area contributed by atoms with Crippen LogP contribution in [0, 0.1) is 6.92 Å². The molecular formula is C23H27NO4. The number of ether oxygens (including phenoxy) is 2. The van der Waals surface area contributed by atoms with Gasteiger partial charge in [0.15, 0.2) is 0 Å². The zero-order valence-electron chi connectivity index (χ0n) is 16.4. The largest absolute Gasteiger partial charge is 0.497 e. The summed E-state index contributed by atoms with van der Waals surface area (Å²) in [6.45, 7) is 4.04. The minimum Gasteiger partial charge on any atom is -0.497 e. The molecule has 0 unspecified atom stereocenters. The smallest absolute Gasteiger partial charge is 0.119 e. The van der Waals surface area contributed by atoms with Crippen molar-refractivity contribution in [2.75, 3.05) is 20.3 Å². The predicted molar refractivity (Wildman–Crippen MR) is 108 cm³/mol. The number of aryl methyl sites for hydroxylation is 1. The first-order valence-corrected chi connectivity index (χ1v) is 9.37. The molecule has 0 saturated carbocycles. The molecule has 28 heavy (non-hydrogen) atoms. The quantitative estimate of drug-likeness (QED) is 0.574. The van der Waals surface area contributed by atoms with Crippen molar-refractivity contribution >= 4 is 0 Å². The third-order valence-electron chi connectivity index (χ3n) is 4.46. The highest BCUT2D eigenvalue weighted by Crippen LogP contribution is 2.16. The highest BCUT2D eigenvalue weighted by atomic mass is 16.5. The molecule has 1 aromatic heterocycles. The second-order valence-corrected chi connectivity index (χ2v) is 6.87. The van der Waals surface area contributed by atoms with Crippen LogP contribution in [0.5, 0.6) is 11.5 Å². The standard InChI is InChI=1S/C23H27NO4/c1-18-5-9-22(10-6-18)28-17-20(25)15-24(16-23-4-3-13-27-23)14-19-7-11-21(26-2)12-8-19/h3-13,20,25H,14-17H2,1-2H3/t20-/m1/s1. The van der Waals surface area contributed by atoms with Gasteiger partial charge in [0.05, 0.1) is 19.9 Å². The molecule has 0 bridgehead atoms. The molecule has 1 atom stereocenters. The SMILES string of the molecule is COc1ccc(CN(Cc2ccco2)C[C@@H](O)COc2ccc(C)cc2)cc1. The normalized spacial score (nSPS) is 12.1. The molecule has 0 aliphatic carbocycles. The van der Waals surface area contributed by atoms with Gasteiger partial charge in [-0.3, -0.25) is 4.90 Å². The van der Waals surface area contributed by atoms with Crippen LogP contribution in [0.2, 0.25) is 0 Å².